The summed E-state index contributed by atoms with van der Waals surface area (Å²) in [5.74, 6) is 0. The number of nitriles is 1. The molecule has 2 heteroatoms. The molecule has 1 saturated carbocycles. The van der Waals surface area contributed by atoms with E-state index in [1.807, 2.05) is 30.3 Å². The summed E-state index contributed by atoms with van der Waals surface area (Å²) in [5, 5.41) is 19.8. The molecular formula is C16H21NO. The Hall–Kier alpha value is -1.33. The molecular weight excluding hydrogens is 222 g/mol. The number of aliphatic hydroxyl groups is 1. The van der Waals surface area contributed by atoms with E-state index in [1.165, 1.54) is 12.8 Å². The van der Waals surface area contributed by atoms with Crippen LogP contribution in [0.15, 0.2) is 30.3 Å². The van der Waals surface area contributed by atoms with Crippen molar-refractivity contribution in [3.63, 3.8) is 0 Å². The van der Waals surface area contributed by atoms with Crippen molar-refractivity contribution in [1.82, 2.24) is 0 Å². The fourth-order valence-electron chi connectivity index (χ4n) is 2.93. The molecule has 18 heavy (non-hydrogen) atoms. The molecule has 0 bridgehead atoms. The third-order valence-corrected chi connectivity index (χ3v) is 4.07. The lowest BCUT2D eigenvalue weighted by Gasteiger charge is -2.27. The van der Waals surface area contributed by atoms with Gasteiger partial charge in [-0.3, -0.25) is 0 Å². The molecule has 0 saturated heterocycles. The third kappa shape index (κ3) is 3.11. The van der Waals surface area contributed by atoms with Crippen LogP contribution in [0.25, 0.3) is 0 Å². The summed E-state index contributed by atoms with van der Waals surface area (Å²) in [5.41, 5.74) is 0.613. The Kier molecular flexibility index (Phi) is 4.38. The van der Waals surface area contributed by atoms with Crippen LogP contribution in [0.5, 0.6) is 0 Å². The number of hydrogen-bond acceptors (Lipinski definition) is 2. The van der Waals surface area contributed by atoms with E-state index >= 15 is 0 Å². The van der Waals surface area contributed by atoms with E-state index in [-0.39, 0.29) is 5.41 Å². The highest BCUT2D eigenvalue weighted by atomic mass is 16.3. The van der Waals surface area contributed by atoms with E-state index in [4.69, 9.17) is 0 Å². The molecule has 0 aromatic heterocycles. The summed E-state index contributed by atoms with van der Waals surface area (Å²) in [6, 6.07) is 12.2. The minimum Gasteiger partial charge on any atom is -0.388 e. The Morgan fingerprint density at radius 1 is 1.11 bits per heavy atom. The van der Waals surface area contributed by atoms with Gasteiger partial charge in [-0.15, -0.1) is 0 Å². The quantitative estimate of drug-likeness (QED) is 0.816. The van der Waals surface area contributed by atoms with Crippen molar-refractivity contribution in [1.29, 1.82) is 5.26 Å². The number of rotatable bonds is 3. The fraction of sp³-hybridized carbons (Fsp3) is 0.562. The first kappa shape index (κ1) is 13.1. The Bertz CT molecular complexity index is 399. The molecule has 2 rings (SSSR count). The van der Waals surface area contributed by atoms with Crippen molar-refractivity contribution < 1.29 is 5.11 Å². The Labute approximate surface area is 109 Å². The van der Waals surface area contributed by atoms with Gasteiger partial charge in [0.1, 0.15) is 0 Å². The molecule has 1 unspecified atom stereocenters. The number of aliphatic hydroxyl groups excluding tert-OH is 1. The first-order valence-electron chi connectivity index (χ1n) is 6.90. The molecule has 1 aliphatic carbocycles. The fourth-order valence-corrected chi connectivity index (χ4v) is 2.93. The van der Waals surface area contributed by atoms with Crippen LogP contribution in [0, 0.1) is 16.7 Å². The van der Waals surface area contributed by atoms with E-state index in [0.717, 1.165) is 31.2 Å². The lowest BCUT2D eigenvalue weighted by molar-refractivity contribution is 0.114. The van der Waals surface area contributed by atoms with E-state index in [2.05, 4.69) is 6.07 Å². The summed E-state index contributed by atoms with van der Waals surface area (Å²) in [4.78, 5) is 0. The molecule has 0 heterocycles. The second kappa shape index (κ2) is 6.02. The first-order chi connectivity index (χ1) is 8.76. The first-order valence-corrected chi connectivity index (χ1v) is 6.90. The van der Waals surface area contributed by atoms with Crippen LogP contribution < -0.4 is 0 Å². The molecule has 0 aliphatic heterocycles. The van der Waals surface area contributed by atoms with Gasteiger partial charge in [0.15, 0.2) is 0 Å². The molecule has 1 N–H and O–H groups in total. The summed E-state index contributed by atoms with van der Waals surface area (Å²) in [6.07, 6.45) is 6.64. The highest BCUT2D eigenvalue weighted by Crippen LogP contribution is 2.41. The van der Waals surface area contributed by atoms with Crippen LogP contribution in [0.1, 0.15) is 56.6 Å². The second-order valence-corrected chi connectivity index (χ2v) is 5.44. The Balaban J connectivity index is 2.08. The summed E-state index contributed by atoms with van der Waals surface area (Å²) >= 11 is 0. The maximum atomic E-state index is 10.3. The third-order valence-electron chi connectivity index (χ3n) is 4.07. The molecule has 2 nitrogen and oxygen atoms in total. The minimum atomic E-state index is -0.510. The molecule has 1 aliphatic rings. The average Bonchev–Trinajstić information content (AvgIpc) is 2.66. The van der Waals surface area contributed by atoms with Gasteiger partial charge in [-0.2, -0.15) is 5.26 Å². The van der Waals surface area contributed by atoms with E-state index in [0.29, 0.717) is 6.42 Å². The highest BCUT2D eigenvalue weighted by Gasteiger charge is 2.33. The molecule has 1 fully saturated rings. The van der Waals surface area contributed by atoms with Gasteiger partial charge in [0.05, 0.1) is 17.6 Å². The van der Waals surface area contributed by atoms with Gasteiger partial charge < -0.3 is 5.11 Å². The van der Waals surface area contributed by atoms with Crippen LogP contribution in [0.3, 0.4) is 0 Å². The molecule has 1 atom stereocenters. The van der Waals surface area contributed by atoms with Gasteiger partial charge >= 0.3 is 0 Å². The SMILES string of the molecule is N#CC1(CC(O)c2ccccc2)CCCCCC1. The number of benzene rings is 1. The largest absolute Gasteiger partial charge is 0.388 e. The van der Waals surface area contributed by atoms with Crippen molar-refractivity contribution in [2.45, 2.75) is 51.0 Å². The lowest BCUT2D eigenvalue weighted by Crippen LogP contribution is -2.21. The van der Waals surface area contributed by atoms with Crippen LogP contribution in [0.2, 0.25) is 0 Å². The van der Waals surface area contributed by atoms with Crippen LogP contribution in [0.4, 0.5) is 0 Å². The van der Waals surface area contributed by atoms with E-state index in [1.54, 1.807) is 0 Å². The van der Waals surface area contributed by atoms with Gasteiger partial charge in [-0.25, -0.2) is 0 Å². The lowest BCUT2D eigenvalue weighted by atomic mass is 9.76. The summed E-state index contributed by atoms with van der Waals surface area (Å²) < 4.78 is 0. The smallest absolute Gasteiger partial charge is 0.0805 e. The van der Waals surface area contributed by atoms with Crippen molar-refractivity contribution >= 4 is 0 Å². The molecule has 1 aromatic rings. The van der Waals surface area contributed by atoms with E-state index in [9.17, 15) is 10.4 Å². The van der Waals surface area contributed by atoms with Gasteiger partial charge in [-0.05, 0) is 24.8 Å². The Morgan fingerprint density at radius 3 is 2.28 bits per heavy atom. The minimum absolute atomic E-state index is 0.314. The van der Waals surface area contributed by atoms with Crippen LogP contribution in [-0.2, 0) is 0 Å². The standard InChI is InChI=1S/C16H21NO/c17-13-16(10-6-1-2-7-11-16)12-15(18)14-8-4-3-5-9-14/h3-5,8-9,15,18H,1-2,6-7,10-12H2. The average molecular weight is 243 g/mol. The number of hydrogen-bond donors (Lipinski definition) is 1. The predicted octanol–water partition coefficient (Wildman–Crippen LogP) is 3.97. The zero-order valence-corrected chi connectivity index (χ0v) is 10.8. The zero-order valence-electron chi connectivity index (χ0n) is 10.8. The van der Waals surface area contributed by atoms with Crippen molar-refractivity contribution in [2.75, 3.05) is 0 Å². The van der Waals surface area contributed by atoms with Crippen LogP contribution in [-0.4, -0.2) is 5.11 Å². The maximum Gasteiger partial charge on any atom is 0.0805 e. The normalized spacial score (nSPS) is 20.7. The van der Waals surface area contributed by atoms with Crippen LogP contribution >= 0.6 is 0 Å². The highest BCUT2D eigenvalue weighted by molar-refractivity contribution is 5.18. The second-order valence-electron chi connectivity index (χ2n) is 5.44. The molecule has 96 valence electrons. The molecule has 1 aromatic carbocycles. The van der Waals surface area contributed by atoms with Gasteiger partial charge in [0.25, 0.3) is 0 Å². The van der Waals surface area contributed by atoms with Gasteiger partial charge in [0, 0.05) is 0 Å². The van der Waals surface area contributed by atoms with Crippen molar-refractivity contribution in [3.05, 3.63) is 35.9 Å². The Morgan fingerprint density at radius 2 is 1.72 bits per heavy atom. The number of nitrogens with zero attached hydrogens (tertiary/aromatic N) is 1. The van der Waals surface area contributed by atoms with Gasteiger partial charge in [-0.1, -0.05) is 56.0 Å². The molecule has 0 spiro atoms. The monoisotopic (exact) mass is 243 g/mol. The maximum absolute atomic E-state index is 10.3. The van der Waals surface area contributed by atoms with Gasteiger partial charge in [0.2, 0.25) is 0 Å². The predicted molar refractivity (Wildman–Crippen MR) is 71.8 cm³/mol. The van der Waals surface area contributed by atoms with Crippen molar-refractivity contribution in [3.8, 4) is 6.07 Å². The topological polar surface area (TPSA) is 44.0 Å². The summed E-state index contributed by atoms with van der Waals surface area (Å²) in [7, 11) is 0. The zero-order chi connectivity index (χ0) is 12.8. The summed E-state index contributed by atoms with van der Waals surface area (Å²) in [6.45, 7) is 0. The molecule has 0 amide bonds. The van der Waals surface area contributed by atoms with Crippen molar-refractivity contribution in [2.24, 2.45) is 5.41 Å². The molecule has 0 radical (unpaired) electrons. The van der Waals surface area contributed by atoms with E-state index < -0.39 is 6.10 Å².